The van der Waals surface area contributed by atoms with Crippen molar-refractivity contribution in [2.75, 3.05) is 0 Å². The van der Waals surface area contributed by atoms with E-state index in [-0.39, 0.29) is 0 Å². The molecule has 1 heterocycles. The van der Waals surface area contributed by atoms with Gasteiger partial charge in [-0.15, -0.1) is 0 Å². The zero-order chi connectivity index (χ0) is 8.97. The highest BCUT2D eigenvalue weighted by molar-refractivity contribution is 9.10. The number of hydrogen-bond donors (Lipinski definition) is 0. The first kappa shape index (κ1) is 10.2. The quantitative estimate of drug-likeness (QED) is 0.613. The van der Waals surface area contributed by atoms with Gasteiger partial charge in [0.2, 0.25) is 0 Å². The Morgan fingerprint density at radius 3 is 2.83 bits per heavy atom. The molecule has 0 amide bonds. The number of rotatable bonds is 3. The highest BCUT2D eigenvalue weighted by Crippen LogP contribution is 2.13. The van der Waals surface area contributed by atoms with E-state index in [4.69, 9.17) is 0 Å². The lowest BCUT2D eigenvalue weighted by Gasteiger charge is -2.05. The zero-order valence-corrected chi connectivity index (χ0v) is 10.1. The molecule has 1 aromatic heterocycles. The van der Waals surface area contributed by atoms with Gasteiger partial charge in [0.15, 0.2) is 0 Å². The normalized spacial score (nSPS) is 12.9. The third-order valence-corrected chi connectivity index (χ3v) is 3.06. The molecule has 0 aromatic carbocycles. The van der Waals surface area contributed by atoms with Crippen molar-refractivity contribution < 1.29 is 0 Å². The maximum absolute atomic E-state index is 4.35. The van der Waals surface area contributed by atoms with E-state index in [2.05, 4.69) is 49.8 Å². The number of pyridine rings is 1. The van der Waals surface area contributed by atoms with Gasteiger partial charge in [0.05, 0.1) is 0 Å². The van der Waals surface area contributed by atoms with Gasteiger partial charge < -0.3 is 0 Å². The highest BCUT2D eigenvalue weighted by Gasteiger charge is 2.03. The number of hydrogen-bond acceptors (Lipinski definition) is 1. The lowest BCUT2D eigenvalue weighted by atomic mass is 10.2. The molecule has 0 radical (unpaired) electrons. The van der Waals surface area contributed by atoms with Crippen molar-refractivity contribution in [3.05, 3.63) is 28.5 Å². The van der Waals surface area contributed by atoms with E-state index in [1.54, 1.807) is 0 Å². The lowest BCUT2D eigenvalue weighted by molar-refractivity contribution is 0.807. The van der Waals surface area contributed by atoms with Crippen molar-refractivity contribution in [1.82, 2.24) is 4.98 Å². The van der Waals surface area contributed by atoms with Gasteiger partial charge in [0.1, 0.15) is 4.60 Å². The van der Waals surface area contributed by atoms with Gasteiger partial charge in [0, 0.05) is 16.9 Å². The third kappa shape index (κ3) is 3.23. The largest absolute Gasteiger partial charge is 0.246 e. The molecule has 0 N–H and O–H groups in total. The van der Waals surface area contributed by atoms with Crippen molar-refractivity contribution in [3.8, 4) is 0 Å². The Labute approximate surface area is 89.8 Å². The Balaban J connectivity index is 2.63. The Bertz CT molecular complexity index is 250. The van der Waals surface area contributed by atoms with Gasteiger partial charge >= 0.3 is 0 Å². The molecule has 0 bridgehead atoms. The number of nitrogens with zero attached hydrogens (tertiary/aromatic N) is 1. The fraction of sp³-hybridized carbons (Fsp3) is 0.444. The monoisotopic (exact) mass is 291 g/mol. The highest BCUT2D eigenvalue weighted by atomic mass is 79.9. The van der Waals surface area contributed by atoms with E-state index in [1.807, 2.05) is 12.1 Å². The maximum Gasteiger partial charge on any atom is 0.106 e. The van der Waals surface area contributed by atoms with Gasteiger partial charge in [-0.25, -0.2) is 4.98 Å². The average molecular weight is 293 g/mol. The minimum Gasteiger partial charge on any atom is -0.246 e. The van der Waals surface area contributed by atoms with Crippen molar-refractivity contribution in [1.29, 1.82) is 0 Å². The van der Waals surface area contributed by atoms with E-state index >= 15 is 0 Å². The zero-order valence-electron chi connectivity index (χ0n) is 6.93. The second-order valence-electron chi connectivity index (χ2n) is 2.66. The van der Waals surface area contributed by atoms with E-state index < -0.39 is 0 Å². The molecule has 1 aromatic rings. The number of aromatic nitrogens is 1. The summed E-state index contributed by atoms with van der Waals surface area (Å²) < 4.78 is 0.913. The van der Waals surface area contributed by atoms with Crippen LogP contribution in [-0.4, -0.2) is 9.81 Å². The minimum atomic E-state index is 0.541. The molecule has 66 valence electrons. The van der Waals surface area contributed by atoms with Crippen LogP contribution in [0.5, 0.6) is 0 Å². The molecule has 12 heavy (non-hydrogen) atoms. The molecular formula is C9H11Br2N. The van der Waals surface area contributed by atoms with Gasteiger partial charge in [-0.3, -0.25) is 0 Å². The summed E-state index contributed by atoms with van der Waals surface area (Å²) in [7, 11) is 0. The molecule has 0 aliphatic carbocycles. The Kier molecular flexibility index (Phi) is 4.22. The number of halogens is 2. The van der Waals surface area contributed by atoms with Crippen molar-refractivity contribution in [2.45, 2.75) is 24.6 Å². The average Bonchev–Trinajstić information content (AvgIpc) is 2.04. The molecule has 0 saturated carbocycles. The standard InChI is InChI=1S/C9H11Br2N/c1-2-7(10)6-8-4-3-5-9(11)12-8/h3-5,7H,2,6H2,1H3. The fourth-order valence-electron chi connectivity index (χ4n) is 0.935. The van der Waals surface area contributed by atoms with Crippen molar-refractivity contribution >= 4 is 31.9 Å². The summed E-state index contributed by atoms with van der Waals surface area (Å²) >= 11 is 6.93. The summed E-state index contributed by atoms with van der Waals surface area (Å²) in [5, 5.41) is 0. The Morgan fingerprint density at radius 1 is 1.50 bits per heavy atom. The molecule has 0 saturated heterocycles. The van der Waals surface area contributed by atoms with Crippen LogP contribution >= 0.6 is 31.9 Å². The molecule has 0 aliphatic rings. The van der Waals surface area contributed by atoms with Gasteiger partial charge in [0.25, 0.3) is 0 Å². The first-order valence-corrected chi connectivity index (χ1v) is 5.68. The van der Waals surface area contributed by atoms with Crippen LogP contribution in [0.1, 0.15) is 19.0 Å². The van der Waals surface area contributed by atoms with Gasteiger partial charge in [-0.1, -0.05) is 28.9 Å². The summed E-state index contributed by atoms with van der Waals surface area (Å²) in [6.45, 7) is 2.16. The second kappa shape index (κ2) is 4.97. The predicted molar refractivity (Wildman–Crippen MR) is 58.6 cm³/mol. The summed E-state index contributed by atoms with van der Waals surface area (Å²) in [5.74, 6) is 0. The summed E-state index contributed by atoms with van der Waals surface area (Å²) in [4.78, 5) is 4.89. The molecule has 3 heteroatoms. The van der Waals surface area contributed by atoms with Crippen LogP contribution in [-0.2, 0) is 6.42 Å². The van der Waals surface area contributed by atoms with Crippen LogP contribution in [0, 0.1) is 0 Å². The van der Waals surface area contributed by atoms with Crippen LogP contribution in [0.2, 0.25) is 0 Å². The summed E-state index contributed by atoms with van der Waals surface area (Å²) in [6, 6.07) is 6.01. The molecule has 1 unspecified atom stereocenters. The fourth-order valence-corrected chi connectivity index (χ4v) is 1.65. The summed E-state index contributed by atoms with van der Waals surface area (Å²) in [5.41, 5.74) is 1.13. The maximum atomic E-state index is 4.35. The van der Waals surface area contributed by atoms with Crippen LogP contribution in [0.25, 0.3) is 0 Å². The van der Waals surface area contributed by atoms with Crippen molar-refractivity contribution in [2.24, 2.45) is 0 Å². The van der Waals surface area contributed by atoms with E-state index in [0.717, 1.165) is 23.1 Å². The van der Waals surface area contributed by atoms with Crippen LogP contribution in [0.4, 0.5) is 0 Å². The van der Waals surface area contributed by atoms with Gasteiger partial charge in [-0.05, 0) is 34.5 Å². The number of alkyl halides is 1. The molecule has 0 spiro atoms. The van der Waals surface area contributed by atoms with Gasteiger partial charge in [-0.2, -0.15) is 0 Å². The van der Waals surface area contributed by atoms with E-state index in [1.165, 1.54) is 0 Å². The minimum absolute atomic E-state index is 0.541. The third-order valence-electron chi connectivity index (χ3n) is 1.65. The molecule has 0 fully saturated rings. The van der Waals surface area contributed by atoms with E-state index in [9.17, 15) is 0 Å². The van der Waals surface area contributed by atoms with Crippen LogP contribution < -0.4 is 0 Å². The lowest BCUT2D eigenvalue weighted by Crippen LogP contribution is -2.02. The smallest absolute Gasteiger partial charge is 0.106 e. The van der Waals surface area contributed by atoms with Crippen molar-refractivity contribution in [3.63, 3.8) is 0 Å². The topological polar surface area (TPSA) is 12.9 Å². The van der Waals surface area contributed by atoms with E-state index in [0.29, 0.717) is 4.83 Å². The molecule has 1 nitrogen and oxygen atoms in total. The first-order chi connectivity index (χ1) is 5.72. The molecular weight excluding hydrogens is 282 g/mol. The van der Waals surface area contributed by atoms with Crippen LogP contribution in [0.3, 0.4) is 0 Å². The molecule has 0 aliphatic heterocycles. The molecule has 1 atom stereocenters. The Morgan fingerprint density at radius 2 is 2.25 bits per heavy atom. The predicted octanol–water partition coefficient (Wildman–Crippen LogP) is 3.56. The Hall–Kier alpha value is 0.110. The molecule has 1 rings (SSSR count). The summed E-state index contributed by atoms with van der Waals surface area (Å²) in [6.07, 6.45) is 2.13. The SMILES string of the molecule is CCC(Br)Cc1cccc(Br)n1. The second-order valence-corrected chi connectivity index (χ2v) is 4.77. The van der Waals surface area contributed by atoms with Crippen LogP contribution in [0.15, 0.2) is 22.8 Å². The first-order valence-electron chi connectivity index (χ1n) is 3.98.